The van der Waals surface area contributed by atoms with Gasteiger partial charge < -0.3 is 15.1 Å². The number of Topliss-reactive ketones (excluding diaryl/α,β-unsaturated/α-hetero) is 1. The molecule has 0 aromatic heterocycles. The van der Waals surface area contributed by atoms with Crippen molar-refractivity contribution in [2.75, 3.05) is 6.61 Å². The Morgan fingerprint density at radius 2 is 2.06 bits per heavy atom. The number of allylic oxidation sites excluding steroid dienone is 4. The fourth-order valence-electron chi connectivity index (χ4n) is 7.52. The first-order chi connectivity index (χ1) is 14.8. The van der Waals surface area contributed by atoms with Crippen molar-refractivity contribution in [3.05, 3.63) is 23.8 Å². The Hall–Kier alpha value is -1.22. The second-order valence-electron chi connectivity index (χ2n) is 10.3. The number of carbonyl (C=O) groups is 2. The molecule has 4 rings (SSSR count). The Labute approximate surface area is 186 Å². The van der Waals surface area contributed by atoms with Crippen LogP contribution in [0.4, 0.5) is 4.53 Å². The minimum Gasteiger partial charge on any atom is -0.393 e. The van der Waals surface area contributed by atoms with Crippen molar-refractivity contribution in [1.29, 1.82) is 0 Å². The highest BCUT2D eigenvalue weighted by atomic mass is 31.2. The summed E-state index contributed by atoms with van der Waals surface area (Å²) in [5.41, 5.74) is -2.40. The van der Waals surface area contributed by atoms with Crippen molar-refractivity contribution < 1.29 is 43.0 Å². The molecular weight excluding hydrogens is 442 g/mol. The van der Waals surface area contributed by atoms with Gasteiger partial charge in [0.2, 0.25) is 0 Å². The van der Waals surface area contributed by atoms with E-state index in [9.17, 15) is 28.9 Å². The molecule has 3 fully saturated rings. The molecule has 0 aliphatic heterocycles. The largest absolute Gasteiger partial charge is 0.503 e. The number of fused-ring (bicyclic) bond motifs is 5. The first kappa shape index (κ1) is 23.9. The summed E-state index contributed by atoms with van der Waals surface area (Å²) in [7, 11) is -5.03. The predicted molar refractivity (Wildman–Crippen MR) is 110 cm³/mol. The Bertz CT molecular complexity index is 948. The first-order valence-corrected chi connectivity index (χ1v) is 12.5. The van der Waals surface area contributed by atoms with E-state index in [1.54, 1.807) is 26.0 Å². The molecule has 4 aliphatic rings. The second kappa shape index (κ2) is 7.65. The van der Waals surface area contributed by atoms with E-state index in [1.807, 2.05) is 13.0 Å². The monoisotopic (exact) mass is 472 g/mol. The van der Waals surface area contributed by atoms with Gasteiger partial charge in [-0.25, -0.2) is 4.57 Å². The number of carbonyl (C=O) groups excluding carboxylic acids is 2. The Morgan fingerprint density at radius 1 is 1.38 bits per heavy atom. The number of hydrogen-bond acceptors (Lipinski definition) is 7. The molecule has 10 heteroatoms. The first-order valence-electron chi connectivity index (χ1n) is 11.0. The van der Waals surface area contributed by atoms with E-state index in [0.717, 1.165) is 12.0 Å². The number of aliphatic hydroxyl groups is 2. The molecule has 0 heterocycles. The van der Waals surface area contributed by atoms with Crippen LogP contribution in [-0.2, 0) is 23.4 Å². The van der Waals surface area contributed by atoms with E-state index in [4.69, 9.17) is 4.89 Å². The van der Waals surface area contributed by atoms with Crippen molar-refractivity contribution in [2.45, 2.75) is 58.2 Å². The lowest BCUT2D eigenvalue weighted by molar-refractivity contribution is -0.183. The summed E-state index contributed by atoms with van der Waals surface area (Å²) in [4.78, 5) is 34.1. The lowest BCUT2D eigenvalue weighted by atomic mass is 9.46. The third-order valence-electron chi connectivity index (χ3n) is 8.95. The SMILES string of the molecule is C[C@@H]1CC2C3CCC4=CC(=O)C=C[C@]4(C)C3C(O)C[C@]2(C)[C@@]1(O)C(=O)COP(=O)(O)OF. The van der Waals surface area contributed by atoms with E-state index in [0.29, 0.717) is 12.8 Å². The van der Waals surface area contributed by atoms with Crippen LogP contribution in [0.1, 0.15) is 46.5 Å². The average molecular weight is 472 g/mol. The molecule has 0 aromatic carbocycles. The highest BCUT2D eigenvalue weighted by Crippen LogP contribution is 2.68. The molecule has 0 amide bonds. The molecule has 0 radical (unpaired) electrons. The second-order valence-corrected chi connectivity index (χ2v) is 11.7. The predicted octanol–water partition coefficient (Wildman–Crippen LogP) is 2.83. The summed E-state index contributed by atoms with van der Waals surface area (Å²) >= 11 is 0. The van der Waals surface area contributed by atoms with E-state index in [1.165, 1.54) is 0 Å². The Balaban J connectivity index is 1.67. The van der Waals surface area contributed by atoms with Crippen LogP contribution in [-0.4, -0.2) is 45.0 Å². The highest BCUT2D eigenvalue weighted by Gasteiger charge is 2.70. The summed E-state index contributed by atoms with van der Waals surface area (Å²) in [5.74, 6) is -1.65. The maximum Gasteiger partial charge on any atom is 0.503 e. The smallest absolute Gasteiger partial charge is 0.393 e. The molecule has 8 nitrogen and oxygen atoms in total. The molecule has 0 spiro atoms. The quantitative estimate of drug-likeness (QED) is 0.521. The molecule has 0 saturated heterocycles. The number of ketones is 2. The van der Waals surface area contributed by atoms with E-state index in [-0.39, 0.29) is 30.0 Å². The summed E-state index contributed by atoms with van der Waals surface area (Å²) in [6, 6.07) is 0. The average Bonchev–Trinajstić information content (AvgIpc) is 2.93. The van der Waals surface area contributed by atoms with Crippen LogP contribution in [0.5, 0.6) is 0 Å². The van der Waals surface area contributed by atoms with Crippen LogP contribution in [0.3, 0.4) is 0 Å². The minimum absolute atomic E-state index is 0.00654. The molecule has 3 N–H and O–H groups in total. The van der Waals surface area contributed by atoms with Crippen molar-refractivity contribution in [1.82, 2.24) is 0 Å². The molecule has 4 aliphatic carbocycles. The fraction of sp³-hybridized carbons (Fsp3) is 0.727. The standard InChI is InChI=1S/C22H30FO8P/c1-12-8-16-15-5-4-13-9-14(24)6-7-20(13,2)19(15)17(25)10-21(16,3)22(12,27)18(26)11-30-32(28,29)31-23/h6-7,9,12,15-17,19,25,27H,4-5,8,10-11H2,1-3H3,(H,28,29)/t12-,15?,16?,17?,19?,20+,21+,22+/m1/s1. The summed E-state index contributed by atoms with van der Waals surface area (Å²) in [6.45, 7) is 4.56. The van der Waals surface area contributed by atoms with Gasteiger partial charge in [-0.2, -0.15) is 0 Å². The van der Waals surface area contributed by atoms with Crippen LogP contribution in [0.25, 0.3) is 0 Å². The third-order valence-corrected chi connectivity index (χ3v) is 9.58. The zero-order chi connectivity index (χ0) is 23.7. The van der Waals surface area contributed by atoms with Crippen LogP contribution < -0.4 is 0 Å². The van der Waals surface area contributed by atoms with Crippen LogP contribution >= 0.6 is 7.82 Å². The summed E-state index contributed by atoms with van der Waals surface area (Å²) in [5, 5.41) is 23.0. The van der Waals surface area contributed by atoms with Gasteiger partial charge in [-0.15, -0.1) is 0 Å². The summed E-state index contributed by atoms with van der Waals surface area (Å²) < 4.78 is 30.8. The fourth-order valence-corrected chi connectivity index (χ4v) is 7.84. The lowest BCUT2D eigenvalue weighted by Crippen LogP contribution is -2.62. The number of phosphoric ester groups is 1. The van der Waals surface area contributed by atoms with Crippen LogP contribution in [0.15, 0.2) is 23.8 Å². The maximum atomic E-state index is 13.1. The Kier molecular flexibility index (Phi) is 5.72. The zero-order valence-corrected chi connectivity index (χ0v) is 19.3. The van der Waals surface area contributed by atoms with Crippen molar-refractivity contribution in [3.63, 3.8) is 0 Å². The topological polar surface area (TPSA) is 130 Å². The van der Waals surface area contributed by atoms with Gasteiger partial charge in [-0.1, -0.05) is 37.1 Å². The van der Waals surface area contributed by atoms with Gasteiger partial charge in [0.1, 0.15) is 12.2 Å². The molecule has 178 valence electrons. The molecular formula is C22H30FO8P. The van der Waals surface area contributed by atoms with Gasteiger partial charge in [0.25, 0.3) is 0 Å². The van der Waals surface area contributed by atoms with E-state index in [2.05, 4.69) is 9.25 Å². The molecule has 5 unspecified atom stereocenters. The summed E-state index contributed by atoms with van der Waals surface area (Å²) in [6.07, 6.45) is 6.33. The van der Waals surface area contributed by atoms with Crippen LogP contribution in [0.2, 0.25) is 0 Å². The number of hydrogen-bond donors (Lipinski definition) is 3. The molecule has 0 aromatic rings. The van der Waals surface area contributed by atoms with Gasteiger partial charge in [-0.3, -0.25) is 14.1 Å². The number of halogens is 1. The number of phosphoric acid groups is 1. The molecule has 32 heavy (non-hydrogen) atoms. The normalized spacial score (nSPS) is 47.2. The molecule has 0 bridgehead atoms. The van der Waals surface area contributed by atoms with Crippen molar-refractivity contribution in [3.8, 4) is 0 Å². The maximum absolute atomic E-state index is 13.1. The number of aliphatic hydroxyl groups excluding tert-OH is 1. The van der Waals surface area contributed by atoms with E-state index < -0.39 is 48.7 Å². The van der Waals surface area contributed by atoms with E-state index >= 15 is 0 Å². The van der Waals surface area contributed by atoms with Gasteiger partial charge in [0.15, 0.2) is 11.6 Å². The number of rotatable bonds is 5. The van der Waals surface area contributed by atoms with Crippen LogP contribution in [0, 0.1) is 34.5 Å². The molecule has 3 saturated carbocycles. The van der Waals surface area contributed by atoms with Crippen molar-refractivity contribution in [2.24, 2.45) is 34.5 Å². The van der Waals surface area contributed by atoms with Gasteiger partial charge in [0, 0.05) is 16.7 Å². The van der Waals surface area contributed by atoms with Gasteiger partial charge >= 0.3 is 7.82 Å². The Morgan fingerprint density at radius 3 is 2.72 bits per heavy atom. The minimum atomic E-state index is -5.03. The van der Waals surface area contributed by atoms with Gasteiger partial charge in [-0.05, 0) is 60.1 Å². The zero-order valence-electron chi connectivity index (χ0n) is 18.4. The van der Waals surface area contributed by atoms with Gasteiger partial charge in [0.05, 0.1) is 6.10 Å². The van der Waals surface area contributed by atoms with Crippen molar-refractivity contribution >= 4 is 19.4 Å². The third kappa shape index (κ3) is 3.24. The molecule has 9 atom stereocenters. The highest BCUT2D eigenvalue weighted by molar-refractivity contribution is 7.47. The lowest BCUT2D eigenvalue weighted by Gasteiger charge is -2.59.